The minimum absolute atomic E-state index is 0.276. The molecule has 2 aliphatic carbocycles. The van der Waals surface area contributed by atoms with Gasteiger partial charge in [-0.2, -0.15) is 0 Å². The first kappa shape index (κ1) is 12.0. The summed E-state index contributed by atoms with van der Waals surface area (Å²) in [6.45, 7) is 0. The summed E-state index contributed by atoms with van der Waals surface area (Å²) < 4.78 is 0. The molecule has 3 N–H and O–H groups in total. The summed E-state index contributed by atoms with van der Waals surface area (Å²) in [5.41, 5.74) is -0.765. The zero-order chi connectivity index (χ0) is 12.6. The summed E-state index contributed by atoms with van der Waals surface area (Å²) >= 11 is 1.49. The van der Waals surface area contributed by atoms with Crippen LogP contribution in [0, 0.1) is 5.92 Å². The number of rotatable bonds is 7. The molecule has 98 valence electrons. The Balaban J connectivity index is 1.72. The molecule has 1 aromatic heterocycles. The average molecular weight is 267 g/mol. The first-order valence-corrected chi connectivity index (χ1v) is 7.32. The molecule has 1 atom stereocenters. The van der Waals surface area contributed by atoms with E-state index in [1.165, 1.54) is 11.8 Å². The third kappa shape index (κ3) is 2.40. The second-order valence-electron chi connectivity index (χ2n) is 5.15. The summed E-state index contributed by atoms with van der Waals surface area (Å²) in [7, 11) is 0. The molecule has 3 rings (SSSR count). The first-order valence-electron chi connectivity index (χ1n) is 6.34. The van der Waals surface area contributed by atoms with Crippen LogP contribution in [-0.4, -0.2) is 38.4 Å². The molecule has 0 radical (unpaired) electrons. The number of nitrogens with zero attached hydrogens (tertiary/aromatic N) is 1. The van der Waals surface area contributed by atoms with E-state index in [4.69, 9.17) is 0 Å². The van der Waals surface area contributed by atoms with Crippen LogP contribution in [-0.2, 0) is 4.79 Å². The Morgan fingerprint density at radius 2 is 2.33 bits per heavy atom. The number of aromatic nitrogens is 2. The van der Waals surface area contributed by atoms with Crippen LogP contribution in [0.15, 0.2) is 17.6 Å². The predicted molar refractivity (Wildman–Crippen MR) is 68.6 cm³/mol. The molecule has 1 unspecified atom stereocenters. The van der Waals surface area contributed by atoms with E-state index in [1.54, 1.807) is 12.4 Å². The van der Waals surface area contributed by atoms with Crippen LogP contribution in [0.25, 0.3) is 0 Å². The number of carboxylic acid groups (broad SMARTS) is 1. The molecule has 1 heterocycles. The van der Waals surface area contributed by atoms with Crippen molar-refractivity contribution in [3.8, 4) is 0 Å². The fraction of sp³-hybridized carbons (Fsp3) is 0.667. The fourth-order valence-electron chi connectivity index (χ4n) is 2.26. The van der Waals surface area contributed by atoms with Crippen molar-refractivity contribution in [2.45, 2.75) is 42.4 Å². The van der Waals surface area contributed by atoms with Crippen molar-refractivity contribution in [2.24, 2.45) is 5.92 Å². The number of aromatic amines is 1. The van der Waals surface area contributed by atoms with Gasteiger partial charge in [-0.1, -0.05) is 11.8 Å². The quantitative estimate of drug-likeness (QED) is 0.652. The van der Waals surface area contributed by atoms with Crippen LogP contribution < -0.4 is 5.32 Å². The molecule has 0 spiro atoms. The van der Waals surface area contributed by atoms with E-state index in [-0.39, 0.29) is 5.92 Å². The van der Waals surface area contributed by atoms with Gasteiger partial charge in [-0.05, 0) is 31.6 Å². The lowest BCUT2D eigenvalue weighted by Gasteiger charge is -2.30. The lowest BCUT2D eigenvalue weighted by Crippen LogP contribution is -2.57. The number of hydrogen-bond donors (Lipinski definition) is 3. The Bertz CT molecular complexity index is 429. The summed E-state index contributed by atoms with van der Waals surface area (Å²) in [4.78, 5) is 18.9. The zero-order valence-corrected chi connectivity index (χ0v) is 10.9. The van der Waals surface area contributed by atoms with Crippen LogP contribution >= 0.6 is 11.8 Å². The van der Waals surface area contributed by atoms with Crippen LogP contribution in [0.5, 0.6) is 0 Å². The molecule has 0 bridgehead atoms. The summed E-state index contributed by atoms with van der Waals surface area (Å²) in [6.07, 6.45) is 7.70. The van der Waals surface area contributed by atoms with E-state index < -0.39 is 11.5 Å². The summed E-state index contributed by atoms with van der Waals surface area (Å²) in [5.74, 6) is 0.103. The zero-order valence-electron chi connectivity index (χ0n) is 10.1. The standard InChI is InChI=1S/C12H17N3O2S/c16-10(17)12(8-1-2-8,15-9-3-4-9)7-18-11-13-5-6-14-11/h5-6,8-9,15H,1-4,7H2,(H,13,14)(H,16,17). The number of aliphatic carboxylic acids is 1. The van der Waals surface area contributed by atoms with Crippen molar-refractivity contribution in [3.63, 3.8) is 0 Å². The van der Waals surface area contributed by atoms with Crippen molar-refractivity contribution in [1.82, 2.24) is 15.3 Å². The molecule has 2 fully saturated rings. The molecule has 5 nitrogen and oxygen atoms in total. The van der Waals surface area contributed by atoms with Gasteiger partial charge in [-0.3, -0.25) is 10.1 Å². The van der Waals surface area contributed by atoms with Gasteiger partial charge in [0.05, 0.1) is 0 Å². The second-order valence-corrected chi connectivity index (χ2v) is 6.12. The Hall–Kier alpha value is -1.01. The highest BCUT2D eigenvalue weighted by Gasteiger charge is 2.53. The van der Waals surface area contributed by atoms with Crippen molar-refractivity contribution >= 4 is 17.7 Å². The average Bonchev–Trinajstić information content (AvgIpc) is 3.25. The number of nitrogens with one attached hydrogen (secondary N) is 2. The molecular formula is C12H17N3O2S. The normalized spacial score (nSPS) is 22.7. The molecule has 0 aromatic carbocycles. The van der Waals surface area contributed by atoms with E-state index in [0.29, 0.717) is 11.8 Å². The third-order valence-corrected chi connectivity index (χ3v) is 4.70. The maximum absolute atomic E-state index is 11.7. The van der Waals surface area contributed by atoms with Crippen molar-refractivity contribution in [1.29, 1.82) is 0 Å². The highest BCUT2D eigenvalue weighted by Crippen LogP contribution is 2.44. The van der Waals surface area contributed by atoms with Crippen LogP contribution in [0.2, 0.25) is 0 Å². The molecular weight excluding hydrogens is 250 g/mol. The van der Waals surface area contributed by atoms with Crippen molar-refractivity contribution < 1.29 is 9.90 Å². The Morgan fingerprint density at radius 3 is 2.83 bits per heavy atom. The van der Waals surface area contributed by atoms with E-state index in [1.807, 2.05) is 0 Å². The fourth-order valence-corrected chi connectivity index (χ4v) is 3.35. The lowest BCUT2D eigenvalue weighted by molar-refractivity contribution is -0.145. The number of imidazole rings is 1. The van der Waals surface area contributed by atoms with Gasteiger partial charge in [0, 0.05) is 24.2 Å². The van der Waals surface area contributed by atoms with Crippen LogP contribution in [0.4, 0.5) is 0 Å². The predicted octanol–water partition coefficient (Wildman–Crippen LogP) is 1.49. The highest BCUT2D eigenvalue weighted by atomic mass is 32.2. The van der Waals surface area contributed by atoms with Crippen molar-refractivity contribution in [3.05, 3.63) is 12.4 Å². The molecule has 0 aliphatic heterocycles. The number of H-pyrrole nitrogens is 1. The summed E-state index contributed by atoms with van der Waals surface area (Å²) in [6, 6.07) is 0.402. The van der Waals surface area contributed by atoms with E-state index in [0.717, 1.165) is 30.8 Å². The van der Waals surface area contributed by atoms with Gasteiger partial charge in [0.25, 0.3) is 0 Å². The Labute approximate surface area is 110 Å². The first-order chi connectivity index (χ1) is 8.71. The topological polar surface area (TPSA) is 78.0 Å². The van der Waals surface area contributed by atoms with Gasteiger partial charge in [-0.15, -0.1) is 0 Å². The van der Waals surface area contributed by atoms with Gasteiger partial charge in [0.1, 0.15) is 5.54 Å². The molecule has 2 saturated carbocycles. The lowest BCUT2D eigenvalue weighted by atomic mass is 9.95. The van der Waals surface area contributed by atoms with Gasteiger partial charge in [0.15, 0.2) is 5.16 Å². The number of carbonyl (C=O) groups is 1. The smallest absolute Gasteiger partial charge is 0.325 e. The van der Waals surface area contributed by atoms with Gasteiger partial charge in [0.2, 0.25) is 0 Å². The van der Waals surface area contributed by atoms with Crippen LogP contribution in [0.3, 0.4) is 0 Å². The van der Waals surface area contributed by atoms with E-state index in [2.05, 4.69) is 15.3 Å². The number of hydrogen-bond acceptors (Lipinski definition) is 4. The van der Waals surface area contributed by atoms with E-state index in [9.17, 15) is 9.90 Å². The Morgan fingerprint density at radius 1 is 1.56 bits per heavy atom. The molecule has 0 amide bonds. The molecule has 18 heavy (non-hydrogen) atoms. The Kier molecular flexibility index (Phi) is 3.07. The maximum atomic E-state index is 11.7. The molecule has 1 aromatic rings. The molecule has 0 saturated heterocycles. The van der Waals surface area contributed by atoms with Crippen LogP contribution in [0.1, 0.15) is 25.7 Å². The minimum Gasteiger partial charge on any atom is -0.480 e. The third-order valence-electron chi connectivity index (χ3n) is 3.60. The minimum atomic E-state index is -0.765. The van der Waals surface area contributed by atoms with Crippen molar-refractivity contribution in [2.75, 3.05) is 5.75 Å². The number of carboxylic acids is 1. The van der Waals surface area contributed by atoms with Gasteiger partial charge >= 0.3 is 5.97 Å². The molecule has 2 aliphatic rings. The maximum Gasteiger partial charge on any atom is 0.325 e. The largest absolute Gasteiger partial charge is 0.480 e. The summed E-state index contributed by atoms with van der Waals surface area (Å²) in [5, 5.41) is 13.8. The SMILES string of the molecule is O=C(O)C(CSc1ncc[nH]1)(NC1CC1)C1CC1. The molecule has 6 heteroatoms. The number of thioether (sulfide) groups is 1. The van der Waals surface area contributed by atoms with Gasteiger partial charge in [-0.25, -0.2) is 4.98 Å². The highest BCUT2D eigenvalue weighted by molar-refractivity contribution is 7.99. The second kappa shape index (κ2) is 4.59. The monoisotopic (exact) mass is 267 g/mol. The van der Waals surface area contributed by atoms with E-state index >= 15 is 0 Å². The van der Waals surface area contributed by atoms with Gasteiger partial charge < -0.3 is 10.1 Å².